The van der Waals surface area contributed by atoms with Gasteiger partial charge in [0.1, 0.15) is 5.75 Å². The van der Waals surface area contributed by atoms with Crippen molar-refractivity contribution in [2.45, 2.75) is 25.4 Å². The highest BCUT2D eigenvalue weighted by molar-refractivity contribution is 6.32. The molecule has 0 amide bonds. The third kappa shape index (κ3) is 1.74. The summed E-state index contributed by atoms with van der Waals surface area (Å²) in [7, 11) is 0. The third-order valence-electron chi connectivity index (χ3n) is 4.15. The van der Waals surface area contributed by atoms with Crippen LogP contribution in [0.1, 0.15) is 51.6 Å². The van der Waals surface area contributed by atoms with Crippen LogP contribution in [-0.4, -0.2) is 21.8 Å². The molecule has 0 bridgehead atoms. The second kappa shape index (κ2) is 4.78. The van der Waals surface area contributed by atoms with Crippen molar-refractivity contribution in [1.29, 1.82) is 0 Å². The third-order valence-corrected chi connectivity index (χ3v) is 4.15. The van der Waals surface area contributed by atoms with E-state index in [9.17, 15) is 19.8 Å². The number of rotatable bonds is 2. The molecule has 4 heteroatoms. The molecule has 0 heterocycles. The van der Waals surface area contributed by atoms with E-state index in [1.54, 1.807) is 24.3 Å². The molecule has 0 atom stereocenters. The van der Waals surface area contributed by atoms with Crippen LogP contribution in [0, 0.1) is 0 Å². The molecule has 1 aliphatic rings. The fourth-order valence-corrected chi connectivity index (χ4v) is 2.94. The summed E-state index contributed by atoms with van der Waals surface area (Å²) in [6.07, 6.45) is 0. The van der Waals surface area contributed by atoms with Gasteiger partial charge in [0.15, 0.2) is 0 Å². The first kappa shape index (κ1) is 14.5. The van der Waals surface area contributed by atoms with Gasteiger partial charge in [-0.1, -0.05) is 56.3 Å². The molecule has 3 rings (SSSR count). The van der Waals surface area contributed by atoms with Crippen molar-refractivity contribution < 1.29 is 19.8 Å². The summed E-state index contributed by atoms with van der Waals surface area (Å²) >= 11 is 0. The number of hydrogen-bond donors (Lipinski definition) is 2. The van der Waals surface area contributed by atoms with Gasteiger partial charge in [-0.05, 0) is 11.5 Å². The number of phenolic OH excluding ortho intramolecular Hbond substituents is 1. The van der Waals surface area contributed by atoms with Gasteiger partial charge in [-0.25, -0.2) is 0 Å². The summed E-state index contributed by atoms with van der Waals surface area (Å²) in [5.74, 6) is -1.58. The molecule has 0 aliphatic heterocycles. The number of hydrogen-bond acceptors (Lipinski definition) is 4. The molecule has 4 nitrogen and oxygen atoms in total. The average Bonchev–Trinajstić information content (AvgIpc) is 2.70. The summed E-state index contributed by atoms with van der Waals surface area (Å²) in [6, 6.07) is 11.1. The first-order chi connectivity index (χ1) is 10.4. The highest BCUT2D eigenvalue weighted by Gasteiger charge is 2.54. The second-order valence-corrected chi connectivity index (χ2v) is 5.81. The smallest absolute Gasteiger partial charge is 0.220 e. The molecule has 22 heavy (non-hydrogen) atoms. The van der Waals surface area contributed by atoms with Gasteiger partial charge in [0.2, 0.25) is 17.2 Å². The van der Waals surface area contributed by atoms with Crippen molar-refractivity contribution in [2.75, 3.05) is 0 Å². The quantitative estimate of drug-likeness (QED) is 0.836. The van der Waals surface area contributed by atoms with E-state index in [2.05, 4.69) is 0 Å². The van der Waals surface area contributed by atoms with Crippen molar-refractivity contribution >= 4 is 11.6 Å². The molecule has 2 aromatic rings. The van der Waals surface area contributed by atoms with Gasteiger partial charge in [-0.15, -0.1) is 0 Å². The number of phenols is 1. The lowest BCUT2D eigenvalue weighted by Gasteiger charge is -2.22. The minimum absolute atomic E-state index is 0.00228. The first-order valence-corrected chi connectivity index (χ1v) is 7.12. The molecular formula is C18H16O4. The Hall–Kier alpha value is -2.46. The number of aromatic hydroxyl groups is 1. The van der Waals surface area contributed by atoms with Gasteiger partial charge in [-0.2, -0.15) is 0 Å². The zero-order valence-corrected chi connectivity index (χ0v) is 12.3. The number of Topliss-reactive ketones (excluding diaryl/α,β-unsaturated/α-hetero) is 2. The highest BCUT2D eigenvalue weighted by Crippen LogP contribution is 2.43. The largest absolute Gasteiger partial charge is 0.507 e. The number of carbonyl (C=O) groups excluding carboxylic acids is 2. The maximum atomic E-state index is 12.6. The van der Waals surface area contributed by atoms with E-state index in [0.717, 1.165) is 0 Å². The number of fused-ring (bicyclic) bond motifs is 1. The molecule has 0 unspecified atom stereocenters. The van der Waals surface area contributed by atoms with Gasteiger partial charge in [-0.3, -0.25) is 9.59 Å². The minimum atomic E-state index is -2.35. The van der Waals surface area contributed by atoms with E-state index in [1.807, 2.05) is 13.8 Å². The monoisotopic (exact) mass is 296 g/mol. The standard InChI is InChI=1S/C18H16O4/c1-10(2)11-8-5-9-14(15(11)19)18(22)16(20)12-6-3-4-7-13(12)17(18)21/h3-10,19,22H,1-2H3. The molecule has 112 valence electrons. The number of carbonyl (C=O) groups is 2. The van der Waals surface area contributed by atoms with Crippen LogP contribution < -0.4 is 0 Å². The highest BCUT2D eigenvalue weighted by atomic mass is 16.3. The molecule has 0 saturated carbocycles. The van der Waals surface area contributed by atoms with Crippen molar-refractivity contribution in [2.24, 2.45) is 0 Å². The average molecular weight is 296 g/mol. The van der Waals surface area contributed by atoms with E-state index < -0.39 is 17.2 Å². The van der Waals surface area contributed by atoms with E-state index >= 15 is 0 Å². The Morgan fingerprint density at radius 2 is 1.45 bits per heavy atom. The zero-order chi connectivity index (χ0) is 16.1. The van der Waals surface area contributed by atoms with Crippen molar-refractivity contribution in [3.63, 3.8) is 0 Å². The maximum absolute atomic E-state index is 12.6. The van der Waals surface area contributed by atoms with E-state index in [4.69, 9.17) is 0 Å². The van der Waals surface area contributed by atoms with Gasteiger partial charge in [0, 0.05) is 16.7 Å². The predicted molar refractivity (Wildman–Crippen MR) is 81.2 cm³/mol. The zero-order valence-electron chi connectivity index (χ0n) is 12.3. The fourth-order valence-electron chi connectivity index (χ4n) is 2.94. The van der Waals surface area contributed by atoms with Crippen molar-refractivity contribution in [3.05, 3.63) is 64.7 Å². The molecule has 2 aromatic carbocycles. The number of ketones is 2. The summed E-state index contributed by atoms with van der Waals surface area (Å²) in [5, 5.41) is 21.3. The van der Waals surface area contributed by atoms with Gasteiger partial charge in [0.25, 0.3) is 0 Å². The molecule has 0 radical (unpaired) electrons. The number of para-hydroxylation sites is 1. The van der Waals surface area contributed by atoms with Crippen LogP contribution >= 0.6 is 0 Å². The Kier molecular flexibility index (Phi) is 3.15. The Bertz CT molecular complexity index is 754. The Morgan fingerprint density at radius 1 is 0.909 bits per heavy atom. The fraction of sp³-hybridized carbons (Fsp3) is 0.222. The van der Waals surface area contributed by atoms with Crippen LogP contribution in [0.4, 0.5) is 0 Å². The van der Waals surface area contributed by atoms with Crippen LogP contribution in [0.2, 0.25) is 0 Å². The SMILES string of the molecule is CC(C)c1cccc(C2(O)C(=O)c3ccccc3C2=O)c1O. The summed E-state index contributed by atoms with van der Waals surface area (Å²) in [5.41, 5.74) is -1.44. The Balaban J connectivity index is 2.24. The Labute approximate surface area is 128 Å². The summed E-state index contributed by atoms with van der Waals surface area (Å²) in [6.45, 7) is 3.77. The van der Waals surface area contributed by atoms with Gasteiger partial charge < -0.3 is 10.2 Å². The molecule has 1 aliphatic carbocycles. The predicted octanol–water partition coefficient (Wildman–Crippen LogP) is 2.78. The van der Waals surface area contributed by atoms with E-state index in [0.29, 0.717) is 5.56 Å². The van der Waals surface area contributed by atoms with E-state index in [-0.39, 0.29) is 28.4 Å². The van der Waals surface area contributed by atoms with Crippen LogP contribution in [0.3, 0.4) is 0 Å². The first-order valence-electron chi connectivity index (χ1n) is 7.12. The topological polar surface area (TPSA) is 74.6 Å². The van der Waals surface area contributed by atoms with Gasteiger partial charge >= 0.3 is 0 Å². The van der Waals surface area contributed by atoms with Crippen LogP contribution in [0.5, 0.6) is 5.75 Å². The van der Waals surface area contributed by atoms with Gasteiger partial charge in [0.05, 0.1) is 0 Å². The lowest BCUT2D eigenvalue weighted by Crippen LogP contribution is -2.38. The van der Waals surface area contributed by atoms with Crippen LogP contribution in [0.15, 0.2) is 42.5 Å². The summed E-state index contributed by atoms with van der Waals surface area (Å²) < 4.78 is 0. The molecule has 2 N–H and O–H groups in total. The van der Waals surface area contributed by atoms with Crippen LogP contribution in [0.25, 0.3) is 0 Å². The lowest BCUT2D eigenvalue weighted by molar-refractivity contribution is 0.0312. The molecule has 0 aromatic heterocycles. The maximum Gasteiger partial charge on any atom is 0.220 e. The molecular weight excluding hydrogens is 280 g/mol. The van der Waals surface area contributed by atoms with Crippen molar-refractivity contribution in [1.82, 2.24) is 0 Å². The lowest BCUT2D eigenvalue weighted by atomic mass is 9.85. The minimum Gasteiger partial charge on any atom is -0.507 e. The van der Waals surface area contributed by atoms with Crippen LogP contribution in [-0.2, 0) is 5.60 Å². The van der Waals surface area contributed by atoms with Crippen molar-refractivity contribution in [3.8, 4) is 5.75 Å². The molecule has 0 saturated heterocycles. The normalized spacial score (nSPS) is 16.2. The number of benzene rings is 2. The second-order valence-electron chi connectivity index (χ2n) is 5.81. The summed E-state index contributed by atoms with van der Waals surface area (Å²) in [4.78, 5) is 25.2. The molecule has 0 fully saturated rings. The number of aliphatic hydroxyl groups is 1. The Morgan fingerprint density at radius 3 is 1.95 bits per heavy atom. The van der Waals surface area contributed by atoms with E-state index in [1.165, 1.54) is 18.2 Å². The molecule has 0 spiro atoms.